The molecule has 1 unspecified atom stereocenters. The minimum Gasteiger partial charge on any atom is -0.344 e. The van der Waals surface area contributed by atoms with Gasteiger partial charge in [-0.05, 0) is 25.1 Å². The van der Waals surface area contributed by atoms with Crippen molar-refractivity contribution >= 4 is 21.8 Å². The summed E-state index contributed by atoms with van der Waals surface area (Å²) in [5, 5.41) is 6.51. The Bertz CT molecular complexity index is 1120. The summed E-state index contributed by atoms with van der Waals surface area (Å²) in [6.07, 6.45) is -0.568. The van der Waals surface area contributed by atoms with E-state index in [0.29, 0.717) is 0 Å². The van der Waals surface area contributed by atoms with Gasteiger partial charge in [0.2, 0.25) is 0 Å². The first-order valence-electron chi connectivity index (χ1n) is 8.18. The number of benzene rings is 1. The van der Waals surface area contributed by atoms with E-state index in [4.69, 9.17) is 0 Å². The summed E-state index contributed by atoms with van der Waals surface area (Å²) in [6, 6.07) is 2.15. The number of carbonyl (C=O) groups excluding carboxylic acids is 1. The third-order valence-electron chi connectivity index (χ3n) is 3.98. The summed E-state index contributed by atoms with van der Waals surface area (Å²) < 4.78 is 41.4. The molecule has 0 saturated heterocycles. The number of hydrogen-bond donors (Lipinski definition) is 1. The van der Waals surface area contributed by atoms with Crippen LogP contribution in [0.4, 0.5) is 13.2 Å². The van der Waals surface area contributed by atoms with Crippen LogP contribution in [-0.4, -0.2) is 30.2 Å². The molecule has 0 spiro atoms. The zero-order valence-corrected chi connectivity index (χ0v) is 16.7. The quantitative estimate of drug-likeness (QED) is 0.632. The number of aryl methyl sites for hydroxylation is 1. The molecule has 29 heavy (non-hydrogen) atoms. The molecule has 0 bridgehead atoms. The minimum absolute atomic E-state index is 0.108. The lowest BCUT2D eigenvalue weighted by atomic mass is 10.1. The first kappa shape index (κ1) is 20.7. The molecule has 12 heteroatoms. The summed E-state index contributed by atoms with van der Waals surface area (Å²) in [6.45, 7) is 1.57. The Labute approximate surface area is 170 Å². The molecule has 1 aromatic carbocycles. The number of nitrogens with zero attached hydrogens (tertiary/aromatic N) is 5. The Morgan fingerprint density at radius 2 is 1.90 bits per heavy atom. The molecule has 3 rings (SSSR count). The van der Waals surface area contributed by atoms with Crippen molar-refractivity contribution in [3.05, 3.63) is 68.7 Å². The molecule has 0 aliphatic rings. The highest BCUT2D eigenvalue weighted by Crippen LogP contribution is 2.32. The largest absolute Gasteiger partial charge is 0.416 e. The third-order valence-corrected chi connectivity index (χ3v) is 4.43. The van der Waals surface area contributed by atoms with Gasteiger partial charge in [-0.25, -0.2) is 9.78 Å². The van der Waals surface area contributed by atoms with Crippen molar-refractivity contribution in [3.63, 3.8) is 0 Å². The third kappa shape index (κ3) is 4.36. The molecule has 2 aromatic heterocycles. The Hall–Kier alpha value is -3.02. The van der Waals surface area contributed by atoms with Crippen LogP contribution >= 0.6 is 15.9 Å². The summed E-state index contributed by atoms with van der Waals surface area (Å²) in [4.78, 5) is 32.9. The Balaban J connectivity index is 1.91. The molecule has 0 aliphatic carbocycles. The number of hydrogen-bond acceptors (Lipinski definition) is 5. The molecular formula is C17H14BrF3N6O2. The highest BCUT2D eigenvalue weighted by atomic mass is 79.9. The average molecular weight is 471 g/mol. The van der Waals surface area contributed by atoms with Crippen molar-refractivity contribution in [1.82, 2.24) is 29.6 Å². The fourth-order valence-electron chi connectivity index (χ4n) is 2.57. The highest BCUT2D eigenvalue weighted by Gasteiger charge is 2.32. The highest BCUT2D eigenvalue weighted by molar-refractivity contribution is 9.10. The fourth-order valence-corrected chi connectivity index (χ4v) is 3.06. The molecule has 1 atom stereocenters. The van der Waals surface area contributed by atoms with Crippen LogP contribution in [0.3, 0.4) is 0 Å². The number of amides is 1. The van der Waals surface area contributed by atoms with Gasteiger partial charge in [-0.3, -0.25) is 14.3 Å². The zero-order valence-electron chi connectivity index (χ0n) is 15.1. The molecule has 8 nitrogen and oxygen atoms in total. The van der Waals surface area contributed by atoms with Gasteiger partial charge >= 0.3 is 11.9 Å². The van der Waals surface area contributed by atoms with Crippen LogP contribution in [0.15, 0.2) is 46.2 Å². The molecular weight excluding hydrogens is 457 g/mol. The monoisotopic (exact) mass is 470 g/mol. The van der Waals surface area contributed by atoms with Gasteiger partial charge in [-0.1, -0.05) is 15.9 Å². The van der Waals surface area contributed by atoms with Crippen molar-refractivity contribution in [1.29, 1.82) is 0 Å². The van der Waals surface area contributed by atoms with Crippen LogP contribution in [0.2, 0.25) is 0 Å². The van der Waals surface area contributed by atoms with E-state index in [-0.39, 0.29) is 21.5 Å². The van der Waals surface area contributed by atoms with Gasteiger partial charge in [-0.15, -0.1) is 0 Å². The number of halogens is 4. The predicted octanol–water partition coefficient (Wildman–Crippen LogP) is 2.63. The zero-order chi connectivity index (χ0) is 21.3. The molecule has 0 radical (unpaired) electrons. The lowest BCUT2D eigenvalue weighted by Gasteiger charge is -2.16. The van der Waals surface area contributed by atoms with Crippen LogP contribution < -0.4 is 11.0 Å². The lowest BCUT2D eigenvalue weighted by Crippen LogP contribution is -2.30. The summed E-state index contributed by atoms with van der Waals surface area (Å²) >= 11 is 2.99. The first-order chi connectivity index (χ1) is 13.6. The predicted molar refractivity (Wildman–Crippen MR) is 99.4 cm³/mol. The number of carbonyl (C=O) groups is 1. The van der Waals surface area contributed by atoms with Gasteiger partial charge < -0.3 is 5.32 Å². The van der Waals surface area contributed by atoms with Gasteiger partial charge in [-0.2, -0.15) is 23.0 Å². The van der Waals surface area contributed by atoms with Crippen molar-refractivity contribution in [2.75, 3.05) is 0 Å². The number of nitrogens with one attached hydrogen (secondary N) is 1. The molecule has 1 N–H and O–H groups in total. The molecule has 2 heterocycles. The molecule has 152 valence electrons. The number of alkyl halides is 3. The Kier molecular flexibility index (Phi) is 5.55. The van der Waals surface area contributed by atoms with Crippen molar-refractivity contribution in [3.8, 4) is 5.82 Å². The maximum atomic E-state index is 13.0. The van der Waals surface area contributed by atoms with Crippen LogP contribution in [0, 0.1) is 0 Å². The van der Waals surface area contributed by atoms with Gasteiger partial charge in [0, 0.05) is 29.5 Å². The van der Waals surface area contributed by atoms with Crippen LogP contribution in [0.25, 0.3) is 5.82 Å². The molecule has 0 aliphatic heterocycles. The normalized spacial score (nSPS) is 12.6. The van der Waals surface area contributed by atoms with Crippen molar-refractivity contribution in [2.24, 2.45) is 7.05 Å². The number of aromatic nitrogens is 5. The standard InChI is InChI=1S/C17H14BrF3N6O2/c1-9(13-14(23-4-3-22-13)27-16(29)26(2)8-24-27)25-15(28)10-5-11(17(19,20)21)7-12(18)6-10/h3-9H,1-2H3,(H,25,28). The second-order valence-electron chi connectivity index (χ2n) is 6.12. The van der Waals surface area contributed by atoms with E-state index >= 15 is 0 Å². The minimum atomic E-state index is -4.59. The topological polar surface area (TPSA) is 94.7 Å². The van der Waals surface area contributed by atoms with Gasteiger partial charge in [0.1, 0.15) is 12.0 Å². The second kappa shape index (κ2) is 7.78. The summed E-state index contributed by atoms with van der Waals surface area (Å²) in [5.41, 5.74) is -1.37. The molecule has 3 aromatic rings. The summed E-state index contributed by atoms with van der Waals surface area (Å²) in [5.74, 6) is -0.634. The smallest absolute Gasteiger partial charge is 0.344 e. The van der Waals surface area contributed by atoms with E-state index in [9.17, 15) is 22.8 Å². The summed E-state index contributed by atoms with van der Waals surface area (Å²) in [7, 11) is 1.51. The maximum Gasteiger partial charge on any atom is 0.416 e. The van der Waals surface area contributed by atoms with E-state index in [1.165, 1.54) is 36.4 Å². The van der Waals surface area contributed by atoms with Crippen molar-refractivity contribution in [2.45, 2.75) is 19.1 Å². The van der Waals surface area contributed by atoms with Gasteiger partial charge in [0.15, 0.2) is 5.82 Å². The first-order valence-corrected chi connectivity index (χ1v) is 8.98. The van der Waals surface area contributed by atoms with E-state index in [0.717, 1.165) is 16.8 Å². The maximum absolute atomic E-state index is 13.0. The Morgan fingerprint density at radius 3 is 2.52 bits per heavy atom. The van der Waals surface area contributed by atoms with E-state index < -0.39 is 29.4 Å². The van der Waals surface area contributed by atoms with Crippen LogP contribution in [-0.2, 0) is 13.2 Å². The van der Waals surface area contributed by atoms with Crippen LogP contribution in [0.1, 0.15) is 34.6 Å². The SMILES string of the molecule is CC(NC(=O)c1cc(Br)cc(C(F)(F)F)c1)c1nccnc1-n1ncn(C)c1=O. The molecule has 1 amide bonds. The molecule has 0 saturated carbocycles. The van der Waals surface area contributed by atoms with Gasteiger partial charge in [0.25, 0.3) is 5.91 Å². The van der Waals surface area contributed by atoms with E-state index in [2.05, 4.69) is 36.3 Å². The number of rotatable bonds is 4. The van der Waals surface area contributed by atoms with Gasteiger partial charge in [0.05, 0.1) is 11.6 Å². The van der Waals surface area contributed by atoms with E-state index in [1.54, 1.807) is 6.92 Å². The molecule has 0 fully saturated rings. The van der Waals surface area contributed by atoms with E-state index in [1.807, 2.05) is 0 Å². The lowest BCUT2D eigenvalue weighted by molar-refractivity contribution is -0.137. The fraction of sp³-hybridized carbons (Fsp3) is 0.235. The Morgan fingerprint density at radius 1 is 1.21 bits per heavy atom. The van der Waals surface area contributed by atoms with Crippen LogP contribution in [0.5, 0.6) is 0 Å². The van der Waals surface area contributed by atoms with Crippen molar-refractivity contribution < 1.29 is 18.0 Å². The second-order valence-corrected chi connectivity index (χ2v) is 7.04. The average Bonchev–Trinajstić information content (AvgIpc) is 2.99.